The van der Waals surface area contributed by atoms with Crippen molar-refractivity contribution in [2.24, 2.45) is 0 Å². The standard InChI is InChI=1S/C12H10ClF2NOS/c1-7-5-18-11(16-7)12(17,6-13)9-3-2-8(14)4-10(9)15/h2-5,17H,6H2,1H3. The summed E-state index contributed by atoms with van der Waals surface area (Å²) in [5.41, 5.74) is -1.10. The molecule has 1 unspecified atom stereocenters. The summed E-state index contributed by atoms with van der Waals surface area (Å²) in [6.45, 7) is 1.76. The van der Waals surface area contributed by atoms with Crippen molar-refractivity contribution in [2.75, 3.05) is 5.88 Å². The number of thiazole rings is 1. The van der Waals surface area contributed by atoms with Crippen molar-refractivity contribution in [3.63, 3.8) is 0 Å². The monoisotopic (exact) mass is 289 g/mol. The Morgan fingerprint density at radius 3 is 2.67 bits per heavy atom. The Balaban J connectivity index is 2.56. The van der Waals surface area contributed by atoms with Gasteiger partial charge in [0.15, 0.2) is 5.60 Å². The fourth-order valence-corrected chi connectivity index (χ4v) is 2.87. The molecule has 0 fully saturated rings. The molecule has 2 nitrogen and oxygen atoms in total. The molecule has 0 spiro atoms. The Hall–Kier alpha value is -1.04. The van der Waals surface area contributed by atoms with Crippen LogP contribution in [0.3, 0.4) is 0 Å². The van der Waals surface area contributed by atoms with Gasteiger partial charge in [-0.25, -0.2) is 13.8 Å². The van der Waals surface area contributed by atoms with E-state index in [9.17, 15) is 13.9 Å². The normalized spacial score (nSPS) is 14.5. The molecule has 0 aliphatic rings. The molecular formula is C12H10ClF2NOS. The van der Waals surface area contributed by atoms with Crippen LogP contribution in [0.2, 0.25) is 0 Å². The SMILES string of the molecule is Cc1csc(C(O)(CCl)c2ccc(F)cc2F)n1. The number of alkyl halides is 1. The zero-order chi connectivity index (χ0) is 13.3. The van der Waals surface area contributed by atoms with Gasteiger partial charge in [0.05, 0.1) is 5.88 Å². The van der Waals surface area contributed by atoms with Crippen LogP contribution in [0, 0.1) is 18.6 Å². The first kappa shape index (κ1) is 13.4. The third-order valence-corrected chi connectivity index (χ3v) is 4.04. The van der Waals surface area contributed by atoms with Crippen molar-refractivity contribution in [3.05, 3.63) is 51.5 Å². The highest BCUT2D eigenvalue weighted by molar-refractivity contribution is 7.09. The van der Waals surface area contributed by atoms with Crippen LogP contribution in [0.1, 0.15) is 16.3 Å². The first-order chi connectivity index (χ1) is 8.47. The number of halogens is 3. The van der Waals surface area contributed by atoms with Crippen molar-refractivity contribution < 1.29 is 13.9 Å². The van der Waals surface area contributed by atoms with E-state index in [2.05, 4.69) is 4.98 Å². The van der Waals surface area contributed by atoms with Crippen LogP contribution in [0.4, 0.5) is 8.78 Å². The number of aliphatic hydroxyl groups is 1. The second kappa shape index (κ2) is 4.91. The molecule has 6 heteroatoms. The lowest BCUT2D eigenvalue weighted by molar-refractivity contribution is 0.101. The summed E-state index contributed by atoms with van der Waals surface area (Å²) in [6, 6.07) is 2.98. The third-order valence-electron chi connectivity index (χ3n) is 2.54. The molecule has 1 atom stereocenters. The molecule has 0 amide bonds. The molecule has 1 aromatic heterocycles. The van der Waals surface area contributed by atoms with E-state index in [-0.39, 0.29) is 11.4 Å². The number of nitrogens with zero attached hydrogens (tertiary/aromatic N) is 1. The highest BCUT2D eigenvalue weighted by Gasteiger charge is 2.36. The minimum Gasteiger partial charge on any atom is -0.376 e. The second-order valence-electron chi connectivity index (χ2n) is 3.91. The number of hydrogen-bond donors (Lipinski definition) is 1. The Bertz CT molecular complexity index is 575. The van der Waals surface area contributed by atoms with Crippen LogP contribution >= 0.6 is 22.9 Å². The molecule has 1 N–H and O–H groups in total. The van der Waals surface area contributed by atoms with Crippen LogP contribution in [0.5, 0.6) is 0 Å². The average molecular weight is 290 g/mol. The van der Waals surface area contributed by atoms with Gasteiger partial charge in [0.25, 0.3) is 0 Å². The molecule has 0 aliphatic heterocycles. The number of rotatable bonds is 3. The fraction of sp³-hybridized carbons (Fsp3) is 0.250. The highest BCUT2D eigenvalue weighted by atomic mass is 35.5. The van der Waals surface area contributed by atoms with E-state index in [1.807, 2.05) is 0 Å². The van der Waals surface area contributed by atoms with Gasteiger partial charge in [0.1, 0.15) is 16.6 Å². The molecule has 1 aromatic carbocycles. The van der Waals surface area contributed by atoms with E-state index < -0.39 is 17.2 Å². The lowest BCUT2D eigenvalue weighted by Gasteiger charge is -2.24. The molecule has 0 saturated carbocycles. The first-order valence-corrected chi connectivity index (χ1v) is 6.55. The van der Waals surface area contributed by atoms with Gasteiger partial charge in [-0.15, -0.1) is 22.9 Å². The topological polar surface area (TPSA) is 33.1 Å². The molecule has 0 radical (unpaired) electrons. The maximum absolute atomic E-state index is 13.7. The minimum absolute atomic E-state index is 0.0757. The molecule has 0 bridgehead atoms. The smallest absolute Gasteiger partial charge is 0.157 e. The summed E-state index contributed by atoms with van der Waals surface area (Å²) < 4.78 is 26.6. The van der Waals surface area contributed by atoms with E-state index in [0.717, 1.165) is 6.07 Å². The second-order valence-corrected chi connectivity index (χ2v) is 5.04. The third kappa shape index (κ3) is 2.25. The number of hydrogen-bond acceptors (Lipinski definition) is 3. The van der Waals surface area contributed by atoms with Gasteiger partial charge in [-0.1, -0.05) is 0 Å². The van der Waals surface area contributed by atoms with Gasteiger partial charge in [0, 0.05) is 22.7 Å². The maximum Gasteiger partial charge on any atom is 0.157 e. The Kier molecular flexibility index (Phi) is 3.66. The van der Waals surface area contributed by atoms with Gasteiger partial charge in [-0.2, -0.15) is 0 Å². The number of benzene rings is 1. The highest BCUT2D eigenvalue weighted by Crippen LogP contribution is 2.34. The summed E-state index contributed by atoms with van der Waals surface area (Å²) >= 11 is 6.94. The van der Waals surface area contributed by atoms with Gasteiger partial charge in [0.2, 0.25) is 0 Å². The molecule has 0 saturated heterocycles. The molecule has 1 heterocycles. The van der Waals surface area contributed by atoms with Crippen LogP contribution in [-0.4, -0.2) is 16.0 Å². The van der Waals surface area contributed by atoms with E-state index in [0.29, 0.717) is 16.8 Å². The van der Waals surface area contributed by atoms with Crippen LogP contribution in [0.25, 0.3) is 0 Å². The lowest BCUT2D eigenvalue weighted by Crippen LogP contribution is -2.30. The van der Waals surface area contributed by atoms with Crippen LogP contribution < -0.4 is 0 Å². The van der Waals surface area contributed by atoms with E-state index in [4.69, 9.17) is 11.6 Å². The van der Waals surface area contributed by atoms with Crippen LogP contribution in [-0.2, 0) is 5.60 Å². The van der Waals surface area contributed by atoms with Gasteiger partial charge in [-0.05, 0) is 19.1 Å². The predicted octanol–water partition coefficient (Wildman–Crippen LogP) is 3.20. The summed E-state index contributed by atoms with van der Waals surface area (Å²) in [6.07, 6.45) is 0. The van der Waals surface area contributed by atoms with E-state index in [1.54, 1.807) is 12.3 Å². The summed E-state index contributed by atoms with van der Waals surface area (Å²) in [7, 11) is 0. The predicted molar refractivity (Wildman–Crippen MR) is 66.9 cm³/mol. The van der Waals surface area contributed by atoms with Crippen molar-refractivity contribution in [2.45, 2.75) is 12.5 Å². The van der Waals surface area contributed by atoms with Gasteiger partial charge < -0.3 is 5.11 Å². The zero-order valence-corrected chi connectivity index (χ0v) is 11.0. The van der Waals surface area contributed by atoms with E-state index >= 15 is 0 Å². The maximum atomic E-state index is 13.7. The Morgan fingerprint density at radius 1 is 1.44 bits per heavy atom. The van der Waals surface area contributed by atoms with Gasteiger partial charge in [-0.3, -0.25) is 0 Å². The van der Waals surface area contributed by atoms with Gasteiger partial charge >= 0.3 is 0 Å². The van der Waals surface area contributed by atoms with E-state index in [1.165, 1.54) is 17.4 Å². The van der Waals surface area contributed by atoms with Crippen LogP contribution in [0.15, 0.2) is 23.6 Å². The fourth-order valence-electron chi connectivity index (χ4n) is 1.61. The summed E-state index contributed by atoms with van der Waals surface area (Å²) in [4.78, 5) is 4.12. The Labute approximate surface area is 112 Å². The summed E-state index contributed by atoms with van der Waals surface area (Å²) in [5, 5.41) is 12.5. The minimum atomic E-state index is -1.74. The first-order valence-electron chi connectivity index (χ1n) is 5.14. The van der Waals surface area contributed by atoms with Crippen molar-refractivity contribution >= 4 is 22.9 Å². The van der Waals surface area contributed by atoms with Crippen molar-refractivity contribution in [1.82, 2.24) is 4.98 Å². The molecule has 2 rings (SSSR count). The molecular weight excluding hydrogens is 280 g/mol. The quantitative estimate of drug-likeness (QED) is 0.880. The number of aromatic nitrogens is 1. The molecule has 0 aliphatic carbocycles. The van der Waals surface area contributed by atoms with Crippen molar-refractivity contribution in [3.8, 4) is 0 Å². The molecule has 2 aromatic rings. The number of aryl methyl sites for hydroxylation is 1. The Morgan fingerprint density at radius 2 is 2.17 bits per heavy atom. The lowest BCUT2D eigenvalue weighted by atomic mass is 9.96. The molecule has 18 heavy (non-hydrogen) atoms. The largest absolute Gasteiger partial charge is 0.376 e. The average Bonchev–Trinajstić information content (AvgIpc) is 2.75. The van der Waals surface area contributed by atoms with Crippen molar-refractivity contribution in [1.29, 1.82) is 0 Å². The zero-order valence-electron chi connectivity index (χ0n) is 9.45. The molecule has 96 valence electrons. The summed E-state index contributed by atoms with van der Waals surface area (Å²) in [5.74, 6) is -1.81.